The number of sulfonamides is 1. The van der Waals surface area contributed by atoms with Crippen LogP contribution >= 0.6 is 0 Å². The Morgan fingerprint density at radius 1 is 1.12 bits per heavy atom. The lowest BCUT2D eigenvalue weighted by atomic mass is 9.85. The average molecular weight is 848 g/mol. The number of carbonyl (C=O) groups excluding carboxylic acids is 4. The lowest BCUT2D eigenvalue weighted by Crippen LogP contribution is -2.60. The summed E-state index contributed by atoms with van der Waals surface area (Å²) < 4.78 is 86.2. The van der Waals surface area contributed by atoms with Crippen molar-refractivity contribution in [3.8, 4) is 11.6 Å². The van der Waals surface area contributed by atoms with Crippen molar-refractivity contribution >= 4 is 44.6 Å². The monoisotopic (exact) mass is 847 g/mol. The van der Waals surface area contributed by atoms with Crippen molar-refractivity contribution in [3.05, 3.63) is 42.1 Å². The number of aromatic nitrogens is 1. The molecule has 0 spiro atoms. The third-order valence-electron chi connectivity index (χ3n) is 12.7. The van der Waals surface area contributed by atoms with E-state index in [0.717, 1.165) is 17.4 Å². The minimum Gasteiger partial charge on any atom is -0.492 e. The molecule has 1 aromatic carbocycles. The molecule has 59 heavy (non-hydrogen) atoms. The normalized spacial score (nSPS) is 29.5. The summed E-state index contributed by atoms with van der Waals surface area (Å²) in [6.07, 6.45) is 1.45. The number of alkyl carbamates (subject to hydrolysis) is 1. The number of carbonyl (C=O) groups is 4. The number of hydrogen-bond donors (Lipinski definition) is 3. The first kappa shape index (κ1) is 42.5. The van der Waals surface area contributed by atoms with Crippen LogP contribution < -0.4 is 24.8 Å². The van der Waals surface area contributed by atoms with Gasteiger partial charge in [0, 0.05) is 35.7 Å². The number of hydrogen-bond acceptors (Lipinski definition) is 10. The summed E-state index contributed by atoms with van der Waals surface area (Å²) in [5, 5.41) is 6.67. The smallest absolute Gasteiger partial charge is 0.427 e. The Kier molecular flexibility index (Phi) is 11.1. The van der Waals surface area contributed by atoms with Crippen LogP contribution in [0.5, 0.6) is 11.6 Å². The predicted octanol–water partition coefficient (Wildman–Crippen LogP) is 5.23. The molecule has 3 aliphatic heterocycles. The van der Waals surface area contributed by atoms with E-state index in [1.807, 2.05) is 25.1 Å². The van der Waals surface area contributed by atoms with Crippen molar-refractivity contribution in [2.24, 2.45) is 17.8 Å². The van der Waals surface area contributed by atoms with Crippen molar-refractivity contribution < 1.29 is 55.0 Å². The summed E-state index contributed by atoms with van der Waals surface area (Å²) >= 11 is 0. The second kappa shape index (κ2) is 15.4. The number of allylic oxidation sites excluding steroid dienone is 1. The highest BCUT2D eigenvalue weighted by molar-refractivity contribution is 7.91. The number of rotatable bonds is 8. The number of pyridine rings is 1. The molecule has 3 N–H and O–H groups in total. The van der Waals surface area contributed by atoms with Gasteiger partial charge in [-0.15, -0.1) is 0 Å². The van der Waals surface area contributed by atoms with Crippen LogP contribution in [0.25, 0.3) is 10.8 Å². The highest BCUT2D eigenvalue weighted by Gasteiger charge is 2.63. The Balaban J connectivity index is 1.24. The van der Waals surface area contributed by atoms with Crippen molar-refractivity contribution in [1.82, 2.24) is 25.2 Å². The quantitative estimate of drug-likeness (QED) is 0.298. The van der Waals surface area contributed by atoms with E-state index in [0.29, 0.717) is 70.1 Å². The van der Waals surface area contributed by atoms with Gasteiger partial charge in [0.1, 0.15) is 29.5 Å². The lowest BCUT2D eigenvalue weighted by Gasteiger charge is -2.35. The van der Waals surface area contributed by atoms with Crippen LogP contribution in [0.1, 0.15) is 91.5 Å². The van der Waals surface area contributed by atoms with Gasteiger partial charge in [0.25, 0.3) is 5.91 Å². The van der Waals surface area contributed by atoms with Gasteiger partial charge in [-0.3, -0.25) is 19.1 Å². The first-order chi connectivity index (χ1) is 27.7. The van der Waals surface area contributed by atoms with Gasteiger partial charge < -0.3 is 29.7 Å². The number of alkyl halides is 3. The Labute approximate surface area is 341 Å². The highest BCUT2D eigenvalue weighted by atomic mass is 32.2. The van der Waals surface area contributed by atoms with Gasteiger partial charge in [-0.25, -0.2) is 18.2 Å². The molecule has 2 saturated carbocycles. The summed E-state index contributed by atoms with van der Waals surface area (Å²) in [6, 6.07) is 2.86. The van der Waals surface area contributed by atoms with Crippen LogP contribution in [-0.4, -0.2) is 95.5 Å². The third kappa shape index (κ3) is 8.29. The van der Waals surface area contributed by atoms with E-state index in [2.05, 4.69) is 20.3 Å². The average Bonchev–Trinajstić information content (AvgIpc) is 3.94. The third-order valence-corrected chi connectivity index (χ3v) is 14.9. The Bertz CT molecular complexity index is 2160. The Hall–Kier alpha value is -4.61. The number of amides is 4. The summed E-state index contributed by atoms with van der Waals surface area (Å²) in [7, 11) is -4.08. The van der Waals surface area contributed by atoms with Crippen LogP contribution in [0.4, 0.5) is 18.0 Å². The zero-order valence-electron chi connectivity index (χ0n) is 33.8. The number of halogens is 3. The van der Waals surface area contributed by atoms with Crippen molar-refractivity contribution in [1.29, 1.82) is 0 Å². The second-order valence-electron chi connectivity index (χ2n) is 17.5. The van der Waals surface area contributed by atoms with E-state index in [1.165, 1.54) is 4.90 Å². The van der Waals surface area contributed by atoms with E-state index in [9.17, 15) is 40.8 Å². The highest BCUT2D eigenvalue weighted by Crippen LogP contribution is 2.48. The van der Waals surface area contributed by atoms with E-state index in [1.54, 1.807) is 32.2 Å². The van der Waals surface area contributed by atoms with Crippen molar-refractivity contribution in [2.45, 2.75) is 133 Å². The number of benzene rings is 1. The molecule has 0 radical (unpaired) electrons. The fourth-order valence-corrected chi connectivity index (χ4v) is 9.70. The molecule has 5 aliphatic rings. The van der Waals surface area contributed by atoms with Gasteiger partial charge in [-0.2, -0.15) is 13.2 Å². The maximum Gasteiger partial charge on any atom is 0.427 e. The summed E-state index contributed by atoms with van der Waals surface area (Å²) in [6.45, 7) is 7.05. The molecule has 0 bridgehead atoms. The minimum absolute atomic E-state index is 0.0285. The maximum absolute atomic E-state index is 14.9. The van der Waals surface area contributed by atoms with E-state index in [4.69, 9.17) is 14.2 Å². The van der Waals surface area contributed by atoms with E-state index >= 15 is 0 Å². The largest absolute Gasteiger partial charge is 0.492 e. The van der Waals surface area contributed by atoms with Gasteiger partial charge in [-0.1, -0.05) is 38.5 Å². The maximum atomic E-state index is 14.9. The number of fused-ring (bicyclic) bond motifs is 5. The van der Waals surface area contributed by atoms with Crippen LogP contribution in [0.15, 0.2) is 36.5 Å². The molecule has 0 unspecified atom stereocenters. The van der Waals surface area contributed by atoms with Crippen molar-refractivity contribution in [2.75, 3.05) is 13.2 Å². The molecule has 1 aromatic heterocycles. The van der Waals surface area contributed by atoms with Gasteiger partial charge in [-0.05, 0) is 88.8 Å². The minimum atomic E-state index is -4.91. The van der Waals surface area contributed by atoms with E-state index < -0.39 is 85.9 Å². The predicted molar refractivity (Wildman–Crippen MR) is 209 cm³/mol. The first-order valence-corrected chi connectivity index (χ1v) is 21.8. The standard InChI is InChI=1S/C41H52F3N5O9S/c1-6-24-19-23(2)9-7-8-10-26-21-40(26,36(52)48-59(54,55)39(5)15-16-39)47-33(50)30-20-27(57-34-29-12-11-25-14-18-56-32(25)28(29)13-17-45-34)22-49(30)35(51)31(24)46-37(53)58-38(3,4)41(42,43)44/h8,10-13,17,23-24,26-27,30-31H,6-7,9,14-16,18-22H2,1-5H3,(H,46,53)(H,47,50)(H,48,52)/t23-,24-,26-,27-,30+,31+,40-/m1/s1. The fourth-order valence-electron chi connectivity index (χ4n) is 8.39. The second-order valence-corrected chi connectivity index (χ2v) is 19.7. The van der Waals surface area contributed by atoms with Crippen LogP contribution in [0.2, 0.25) is 0 Å². The molecule has 14 nitrogen and oxygen atoms in total. The van der Waals surface area contributed by atoms with Gasteiger partial charge in [0.2, 0.25) is 33.3 Å². The summed E-state index contributed by atoms with van der Waals surface area (Å²) in [5.74, 6) is -2.62. The molecule has 4 amide bonds. The molecular weight excluding hydrogens is 796 g/mol. The van der Waals surface area contributed by atoms with Crippen LogP contribution in [0.3, 0.4) is 0 Å². The molecule has 2 aliphatic carbocycles. The SMILES string of the molecule is CC[C@@H]1C[C@H](C)CCC=C[C@@H]2C[C@@]2(C(=O)NS(=O)(=O)C2(C)CC2)NC(=O)[C@@H]2C[C@@H](Oc3nccc4c5c(ccc34)CCO5)CN2C(=O)[C@H]1NC(=O)OC(C)(C)C(F)(F)F. The summed E-state index contributed by atoms with van der Waals surface area (Å²) in [4.78, 5) is 62.4. The van der Waals surface area contributed by atoms with Gasteiger partial charge in [0.05, 0.1) is 17.9 Å². The Morgan fingerprint density at radius 3 is 2.56 bits per heavy atom. The molecule has 7 rings (SSSR count). The van der Waals surface area contributed by atoms with Crippen LogP contribution in [0, 0.1) is 17.8 Å². The molecule has 18 heteroatoms. The Morgan fingerprint density at radius 2 is 1.86 bits per heavy atom. The number of ether oxygens (including phenoxy) is 3. The summed E-state index contributed by atoms with van der Waals surface area (Å²) in [5.41, 5.74) is -3.49. The molecule has 322 valence electrons. The zero-order chi connectivity index (χ0) is 42.7. The first-order valence-electron chi connectivity index (χ1n) is 20.3. The van der Waals surface area contributed by atoms with Gasteiger partial charge in [0.15, 0.2) is 0 Å². The zero-order valence-corrected chi connectivity index (χ0v) is 34.6. The van der Waals surface area contributed by atoms with Gasteiger partial charge >= 0.3 is 12.3 Å². The molecule has 1 saturated heterocycles. The molecule has 2 aromatic rings. The molecular formula is C41H52F3N5O9S. The van der Waals surface area contributed by atoms with Crippen LogP contribution in [-0.2, 0) is 35.6 Å². The topological polar surface area (TPSA) is 182 Å². The number of nitrogens with one attached hydrogen (secondary N) is 3. The molecule has 3 fully saturated rings. The number of nitrogens with zero attached hydrogens (tertiary/aromatic N) is 2. The molecule has 4 heterocycles. The molecule has 7 atom stereocenters. The van der Waals surface area contributed by atoms with E-state index in [-0.39, 0.29) is 31.2 Å². The lowest BCUT2D eigenvalue weighted by molar-refractivity contribution is -0.244. The fraction of sp³-hybridized carbons (Fsp3) is 0.634. The van der Waals surface area contributed by atoms with Crippen molar-refractivity contribution in [3.63, 3.8) is 0 Å².